The Kier molecular flexibility index (Phi) is 4.54. The van der Waals surface area contributed by atoms with E-state index in [1.54, 1.807) is 0 Å². The van der Waals surface area contributed by atoms with Crippen LogP contribution in [-0.2, 0) is 20.9 Å². The van der Waals surface area contributed by atoms with Crippen molar-refractivity contribution >= 4 is 18.5 Å². The lowest BCUT2D eigenvalue weighted by atomic mass is 9.82. The highest BCUT2D eigenvalue weighted by Gasteiger charge is 2.37. The molecule has 0 saturated carbocycles. The molecule has 84 valence electrons. The normalized spacial score (nSPS) is 38.5. The molecule has 1 fully saturated rings. The van der Waals surface area contributed by atoms with Crippen LogP contribution in [0.3, 0.4) is 0 Å². The van der Waals surface area contributed by atoms with Gasteiger partial charge in [0.05, 0.1) is 13.2 Å². The van der Waals surface area contributed by atoms with Crippen molar-refractivity contribution in [1.29, 1.82) is 0 Å². The van der Waals surface area contributed by atoms with Crippen LogP contribution in [-0.4, -0.2) is 18.1 Å². The molecule has 0 spiro atoms. The summed E-state index contributed by atoms with van der Waals surface area (Å²) < 4.78 is 10.5. The third kappa shape index (κ3) is 3.28. The summed E-state index contributed by atoms with van der Waals surface area (Å²) in [6.07, 6.45) is 4.46. The van der Waals surface area contributed by atoms with Crippen LogP contribution in [0, 0.1) is 5.41 Å². The Balaban J connectivity index is 2.52. The first-order valence-electron chi connectivity index (χ1n) is 5.15. The maximum absolute atomic E-state index is 9.41. The third-order valence-corrected chi connectivity index (χ3v) is 4.42. The summed E-state index contributed by atoms with van der Waals surface area (Å²) >= 11 is 4.78. The van der Waals surface area contributed by atoms with Gasteiger partial charge in [0.15, 0.2) is 0 Å². The van der Waals surface area contributed by atoms with Crippen LogP contribution in [0.1, 0.15) is 39.5 Å². The Bertz CT molecular complexity index is 220. The summed E-state index contributed by atoms with van der Waals surface area (Å²) in [7, 11) is 0. The van der Waals surface area contributed by atoms with Crippen molar-refractivity contribution in [2.75, 3.05) is 13.2 Å². The molecule has 0 aromatic rings. The van der Waals surface area contributed by atoms with Gasteiger partial charge in [0, 0.05) is 5.41 Å². The maximum Gasteiger partial charge on any atom is 0.324 e. The van der Waals surface area contributed by atoms with Crippen LogP contribution in [0.5, 0.6) is 0 Å². The molecule has 5 heteroatoms. The lowest BCUT2D eigenvalue weighted by molar-refractivity contribution is 0.00420. The topological polar surface area (TPSA) is 38.7 Å². The van der Waals surface area contributed by atoms with Gasteiger partial charge < -0.3 is 13.9 Å². The fourth-order valence-electron chi connectivity index (χ4n) is 1.59. The highest BCUT2D eigenvalue weighted by atomic mass is 32.5. The first-order valence-corrected chi connectivity index (χ1v) is 7.74. The van der Waals surface area contributed by atoms with E-state index in [4.69, 9.17) is 20.9 Å². The molecule has 0 atom stereocenters. The molecule has 0 radical (unpaired) electrons. The lowest BCUT2D eigenvalue weighted by Gasteiger charge is -2.38. The van der Waals surface area contributed by atoms with Crippen LogP contribution < -0.4 is 0 Å². The van der Waals surface area contributed by atoms with E-state index in [0.29, 0.717) is 13.2 Å². The second-order valence-corrected chi connectivity index (χ2v) is 6.81. The van der Waals surface area contributed by atoms with Gasteiger partial charge in [-0.3, -0.25) is 0 Å². The van der Waals surface area contributed by atoms with Crippen molar-refractivity contribution in [2.24, 2.45) is 5.41 Å². The SMILES string of the molecule is CCCCC1(CC)COP(O)(=S)OC1. The minimum Gasteiger partial charge on any atom is -0.324 e. The zero-order valence-corrected chi connectivity index (χ0v) is 10.6. The second-order valence-electron chi connectivity index (χ2n) is 3.97. The van der Waals surface area contributed by atoms with Crippen molar-refractivity contribution in [1.82, 2.24) is 0 Å². The Morgan fingerprint density at radius 2 is 1.93 bits per heavy atom. The van der Waals surface area contributed by atoms with E-state index in [-0.39, 0.29) is 5.41 Å². The molecule has 1 heterocycles. The molecule has 1 aliphatic rings. The Morgan fingerprint density at radius 3 is 2.36 bits per heavy atom. The van der Waals surface area contributed by atoms with Gasteiger partial charge >= 0.3 is 6.72 Å². The summed E-state index contributed by atoms with van der Waals surface area (Å²) in [6, 6.07) is 0. The molecule has 1 N–H and O–H groups in total. The van der Waals surface area contributed by atoms with Gasteiger partial charge in [0.25, 0.3) is 0 Å². The molecule has 0 aromatic heterocycles. The van der Waals surface area contributed by atoms with Crippen LogP contribution in [0.2, 0.25) is 0 Å². The number of hydrogen-bond acceptors (Lipinski definition) is 3. The summed E-state index contributed by atoms with van der Waals surface area (Å²) in [6.45, 7) is 2.53. The molecular weight excluding hydrogens is 219 g/mol. The number of hydrogen-bond donors (Lipinski definition) is 1. The summed E-state index contributed by atoms with van der Waals surface area (Å²) in [5.41, 5.74) is 0.0844. The van der Waals surface area contributed by atoms with E-state index in [0.717, 1.165) is 12.8 Å². The average Bonchev–Trinajstić information content (AvgIpc) is 2.18. The number of unbranched alkanes of at least 4 members (excludes halogenated alkanes) is 1. The van der Waals surface area contributed by atoms with Crippen molar-refractivity contribution in [2.45, 2.75) is 39.5 Å². The second kappa shape index (κ2) is 5.04. The average molecular weight is 238 g/mol. The van der Waals surface area contributed by atoms with Crippen molar-refractivity contribution in [3.05, 3.63) is 0 Å². The minimum absolute atomic E-state index is 0.0844. The van der Waals surface area contributed by atoms with Crippen molar-refractivity contribution in [3.8, 4) is 0 Å². The van der Waals surface area contributed by atoms with Gasteiger partial charge in [-0.15, -0.1) is 0 Å². The van der Waals surface area contributed by atoms with E-state index >= 15 is 0 Å². The van der Waals surface area contributed by atoms with Gasteiger partial charge in [-0.2, -0.15) is 0 Å². The molecule has 0 aromatic carbocycles. The van der Waals surface area contributed by atoms with Crippen LogP contribution in [0.4, 0.5) is 0 Å². The standard InChI is InChI=1S/C9H19O3PS/c1-3-5-6-9(4-2)7-11-13(10,14)12-8-9/h3-8H2,1-2H3,(H,10,14). The molecule has 3 nitrogen and oxygen atoms in total. The molecule has 0 aliphatic carbocycles. The first kappa shape index (κ1) is 12.6. The Hall–Kier alpha value is 0.530. The smallest absolute Gasteiger partial charge is 0.324 e. The van der Waals surface area contributed by atoms with Crippen LogP contribution in [0.25, 0.3) is 0 Å². The van der Waals surface area contributed by atoms with E-state index in [1.807, 2.05) is 0 Å². The van der Waals surface area contributed by atoms with Gasteiger partial charge in [-0.25, -0.2) is 0 Å². The fraction of sp³-hybridized carbons (Fsp3) is 1.00. The van der Waals surface area contributed by atoms with Crippen LogP contribution in [0.15, 0.2) is 0 Å². The molecule has 0 bridgehead atoms. The third-order valence-electron chi connectivity index (χ3n) is 2.88. The highest BCUT2D eigenvalue weighted by Crippen LogP contribution is 2.52. The van der Waals surface area contributed by atoms with E-state index < -0.39 is 6.72 Å². The maximum atomic E-state index is 9.41. The monoisotopic (exact) mass is 238 g/mol. The van der Waals surface area contributed by atoms with Gasteiger partial charge in [0.1, 0.15) is 0 Å². The van der Waals surface area contributed by atoms with Crippen LogP contribution >= 0.6 is 6.72 Å². The molecule has 14 heavy (non-hydrogen) atoms. The van der Waals surface area contributed by atoms with E-state index in [2.05, 4.69) is 13.8 Å². The summed E-state index contributed by atoms with van der Waals surface area (Å²) in [4.78, 5) is 9.41. The molecule has 1 rings (SSSR count). The molecular formula is C9H19O3PS. The Morgan fingerprint density at radius 1 is 1.36 bits per heavy atom. The predicted molar refractivity (Wildman–Crippen MR) is 60.7 cm³/mol. The first-order chi connectivity index (χ1) is 6.54. The largest absolute Gasteiger partial charge is 0.324 e. The minimum atomic E-state index is -2.88. The molecule has 1 aliphatic heterocycles. The Labute approximate surface area is 91.1 Å². The molecule has 1 saturated heterocycles. The summed E-state index contributed by atoms with van der Waals surface area (Å²) in [5, 5.41) is 0. The van der Waals surface area contributed by atoms with Gasteiger partial charge in [-0.1, -0.05) is 26.7 Å². The van der Waals surface area contributed by atoms with Crippen molar-refractivity contribution in [3.63, 3.8) is 0 Å². The zero-order valence-electron chi connectivity index (χ0n) is 8.86. The quantitative estimate of drug-likeness (QED) is 0.764. The van der Waals surface area contributed by atoms with Gasteiger partial charge in [-0.05, 0) is 24.6 Å². The predicted octanol–water partition coefficient (Wildman–Crippen LogP) is 2.84. The molecule has 0 amide bonds. The summed E-state index contributed by atoms with van der Waals surface area (Å²) in [5.74, 6) is 0. The van der Waals surface area contributed by atoms with E-state index in [9.17, 15) is 4.89 Å². The zero-order chi connectivity index (χ0) is 10.7. The van der Waals surface area contributed by atoms with Crippen molar-refractivity contribution < 1.29 is 13.9 Å². The number of rotatable bonds is 4. The lowest BCUT2D eigenvalue weighted by Crippen LogP contribution is -2.34. The van der Waals surface area contributed by atoms with E-state index in [1.165, 1.54) is 12.8 Å². The molecule has 0 unspecified atom stereocenters. The van der Waals surface area contributed by atoms with Gasteiger partial charge in [0.2, 0.25) is 0 Å². The fourth-order valence-corrected chi connectivity index (χ4v) is 2.86. The highest BCUT2D eigenvalue weighted by molar-refractivity contribution is 8.07.